The molecule has 1 aliphatic rings. The Balaban J connectivity index is 2.44. The Bertz CT molecular complexity index is 544. The molecule has 0 saturated carbocycles. The van der Waals surface area contributed by atoms with Crippen molar-refractivity contribution in [3.8, 4) is 0 Å². The Morgan fingerprint density at radius 3 is 2.56 bits per heavy atom. The topological polar surface area (TPSA) is 77.7 Å². The molecule has 0 radical (unpaired) electrons. The summed E-state index contributed by atoms with van der Waals surface area (Å²) in [5.74, 6) is 0.232. The van der Waals surface area contributed by atoms with Crippen molar-refractivity contribution in [3.63, 3.8) is 0 Å². The molecule has 1 aromatic heterocycles. The van der Waals surface area contributed by atoms with Crippen molar-refractivity contribution in [2.75, 3.05) is 6.26 Å². The molecule has 0 fully saturated rings. The number of rotatable bonds is 2. The third-order valence-electron chi connectivity index (χ3n) is 2.53. The number of hydrogen-bond donors (Lipinski definition) is 0. The molecule has 1 aromatic rings. The first-order valence-electron chi connectivity index (χ1n) is 4.76. The molecule has 0 bridgehead atoms. The first kappa shape index (κ1) is 11.0. The third kappa shape index (κ3) is 1.90. The largest absolute Gasteiger partial charge is 0.232 e. The summed E-state index contributed by atoms with van der Waals surface area (Å²) in [6, 6.07) is 0. The van der Waals surface area contributed by atoms with Crippen LogP contribution in [-0.2, 0) is 16.9 Å². The number of tetrazole rings is 1. The first-order chi connectivity index (χ1) is 7.50. The summed E-state index contributed by atoms with van der Waals surface area (Å²) in [6.45, 7) is 0. The minimum Gasteiger partial charge on any atom is -0.232 e. The molecule has 0 aromatic carbocycles. The zero-order chi connectivity index (χ0) is 11.8. The van der Waals surface area contributed by atoms with Crippen LogP contribution in [0.2, 0.25) is 0 Å². The summed E-state index contributed by atoms with van der Waals surface area (Å²) in [4.78, 5) is 0. The Morgan fingerprint density at radius 2 is 2.00 bits per heavy atom. The molecule has 0 spiro atoms. The van der Waals surface area contributed by atoms with E-state index in [-0.39, 0.29) is 5.92 Å². The van der Waals surface area contributed by atoms with Crippen LogP contribution in [0.15, 0.2) is 24.3 Å². The van der Waals surface area contributed by atoms with Crippen molar-refractivity contribution in [2.24, 2.45) is 7.05 Å². The SMILES string of the molecule is Cn1nnnc1C1C=CC=CC1S(C)(=O)=O. The molecule has 86 valence electrons. The maximum atomic E-state index is 11.6. The van der Waals surface area contributed by atoms with Crippen LogP contribution in [0.25, 0.3) is 0 Å². The van der Waals surface area contributed by atoms with Gasteiger partial charge in [-0.2, -0.15) is 0 Å². The second kappa shape index (κ2) is 3.82. The molecule has 2 rings (SSSR count). The fourth-order valence-corrected chi connectivity index (χ4v) is 2.87. The summed E-state index contributed by atoms with van der Waals surface area (Å²) in [6.07, 6.45) is 8.22. The van der Waals surface area contributed by atoms with Gasteiger partial charge in [0, 0.05) is 13.3 Å². The van der Waals surface area contributed by atoms with Gasteiger partial charge in [0.2, 0.25) is 0 Å². The van der Waals surface area contributed by atoms with Gasteiger partial charge in [0.05, 0.1) is 11.2 Å². The highest BCUT2D eigenvalue weighted by atomic mass is 32.2. The lowest BCUT2D eigenvalue weighted by atomic mass is 9.99. The van der Waals surface area contributed by atoms with Gasteiger partial charge in [0.25, 0.3) is 0 Å². The maximum Gasteiger partial charge on any atom is 0.159 e. The predicted molar refractivity (Wildman–Crippen MR) is 58.5 cm³/mol. The van der Waals surface area contributed by atoms with Crippen LogP contribution in [0.5, 0.6) is 0 Å². The normalized spacial score (nSPS) is 24.9. The number of sulfone groups is 1. The van der Waals surface area contributed by atoms with Gasteiger partial charge in [0.15, 0.2) is 15.7 Å². The van der Waals surface area contributed by atoms with Gasteiger partial charge in [-0.25, -0.2) is 13.1 Å². The molecule has 0 N–H and O–H groups in total. The number of nitrogens with zero attached hydrogens (tertiary/aromatic N) is 4. The van der Waals surface area contributed by atoms with E-state index in [0.717, 1.165) is 0 Å². The second-order valence-corrected chi connectivity index (χ2v) is 5.95. The smallest absolute Gasteiger partial charge is 0.159 e. The fraction of sp³-hybridized carbons (Fsp3) is 0.444. The number of allylic oxidation sites excluding steroid dienone is 3. The molecule has 1 aliphatic carbocycles. The standard InChI is InChI=1S/C9H12N4O2S/c1-13-9(10-11-12-13)7-5-3-4-6-8(7)16(2,14)15/h3-8H,1-2H3. The number of hydrogen-bond acceptors (Lipinski definition) is 5. The molecule has 0 aliphatic heterocycles. The molecule has 16 heavy (non-hydrogen) atoms. The average molecular weight is 240 g/mol. The molecule has 1 heterocycles. The van der Waals surface area contributed by atoms with Crippen molar-refractivity contribution in [3.05, 3.63) is 30.1 Å². The van der Waals surface area contributed by atoms with Crippen molar-refractivity contribution in [2.45, 2.75) is 11.2 Å². The summed E-state index contributed by atoms with van der Waals surface area (Å²) >= 11 is 0. The van der Waals surface area contributed by atoms with Gasteiger partial charge in [-0.05, 0) is 10.4 Å². The van der Waals surface area contributed by atoms with Crippen LogP contribution < -0.4 is 0 Å². The number of aryl methyl sites for hydroxylation is 1. The van der Waals surface area contributed by atoms with Gasteiger partial charge in [-0.1, -0.05) is 24.3 Å². The lowest BCUT2D eigenvalue weighted by molar-refractivity contribution is 0.579. The lowest BCUT2D eigenvalue weighted by Crippen LogP contribution is -2.27. The van der Waals surface area contributed by atoms with Crippen molar-refractivity contribution in [1.82, 2.24) is 20.2 Å². The van der Waals surface area contributed by atoms with E-state index in [2.05, 4.69) is 15.5 Å². The fourth-order valence-electron chi connectivity index (χ4n) is 1.75. The molecule has 0 saturated heterocycles. The van der Waals surface area contributed by atoms with Crippen LogP contribution in [0.4, 0.5) is 0 Å². The highest BCUT2D eigenvalue weighted by Gasteiger charge is 2.32. The first-order valence-corrected chi connectivity index (χ1v) is 6.71. The summed E-state index contributed by atoms with van der Waals surface area (Å²) in [5, 5.41) is 10.5. The summed E-state index contributed by atoms with van der Waals surface area (Å²) in [5.41, 5.74) is 0. The van der Waals surface area contributed by atoms with E-state index >= 15 is 0 Å². The molecular weight excluding hydrogens is 228 g/mol. The minimum atomic E-state index is -3.16. The van der Waals surface area contributed by atoms with Gasteiger partial charge in [0.1, 0.15) is 0 Å². The molecule has 2 atom stereocenters. The zero-order valence-corrected chi connectivity index (χ0v) is 9.79. The predicted octanol–water partition coefficient (Wildman–Crippen LogP) is -0.167. The highest BCUT2D eigenvalue weighted by Crippen LogP contribution is 2.27. The quantitative estimate of drug-likeness (QED) is 0.717. The van der Waals surface area contributed by atoms with Gasteiger partial charge < -0.3 is 0 Å². The van der Waals surface area contributed by atoms with Crippen LogP contribution in [0, 0.1) is 0 Å². The third-order valence-corrected chi connectivity index (χ3v) is 3.97. The van der Waals surface area contributed by atoms with E-state index in [9.17, 15) is 8.42 Å². The van der Waals surface area contributed by atoms with E-state index in [1.165, 1.54) is 10.9 Å². The van der Waals surface area contributed by atoms with E-state index in [1.54, 1.807) is 31.4 Å². The molecule has 0 amide bonds. The maximum absolute atomic E-state index is 11.6. The number of aromatic nitrogens is 4. The average Bonchev–Trinajstić information content (AvgIpc) is 2.63. The van der Waals surface area contributed by atoms with Gasteiger partial charge in [-0.3, -0.25) is 0 Å². The van der Waals surface area contributed by atoms with Crippen LogP contribution in [-0.4, -0.2) is 40.1 Å². The Labute approximate surface area is 93.6 Å². The molecular formula is C9H12N4O2S. The highest BCUT2D eigenvalue weighted by molar-refractivity contribution is 7.91. The Hall–Kier alpha value is -1.50. The van der Waals surface area contributed by atoms with E-state index < -0.39 is 15.1 Å². The molecule has 7 heteroatoms. The van der Waals surface area contributed by atoms with Crippen molar-refractivity contribution < 1.29 is 8.42 Å². The van der Waals surface area contributed by atoms with Gasteiger partial charge in [-0.15, -0.1) is 5.10 Å². The van der Waals surface area contributed by atoms with Crippen molar-refractivity contribution >= 4 is 9.84 Å². The monoisotopic (exact) mass is 240 g/mol. The van der Waals surface area contributed by atoms with Gasteiger partial charge >= 0.3 is 0 Å². The minimum absolute atomic E-state index is 0.319. The lowest BCUT2D eigenvalue weighted by Gasteiger charge is -2.20. The molecule has 2 unspecified atom stereocenters. The Kier molecular flexibility index (Phi) is 2.63. The van der Waals surface area contributed by atoms with Crippen LogP contribution in [0.3, 0.4) is 0 Å². The van der Waals surface area contributed by atoms with Crippen LogP contribution in [0.1, 0.15) is 11.7 Å². The summed E-state index contributed by atoms with van der Waals surface area (Å²) in [7, 11) is -1.47. The van der Waals surface area contributed by atoms with E-state index in [1.807, 2.05) is 0 Å². The summed E-state index contributed by atoms with van der Waals surface area (Å²) < 4.78 is 24.8. The van der Waals surface area contributed by atoms with Crippen LogP contribution >= 0.6 is 0 Å². The molecule has 6 nitrogen and oxygen atoms in total. The zero-order valence-electron chi connectivity index (χ0n) is 8.98. The second-order valence-electron chi connectivity index (χ2n) is 3.75. The van der Waals surface area contributed by atoms with E-state index in [0.29, 0.717) is 5.82 Å². The van der Waals surface area contributed by atoms with E-state index in [4.69, 9.17) is 0 Å². The Morgan fingerprint density at radius 1 is 1.31 bits per heavy atom. The van der Waals surface area contributed by atoms with Crippen molar-refractivity contribution in [1.29, 1.82) is 0 Å².